The van der Waals surface area contributed by atoms with Gasteiger partial charge in [0.25, 0.3) is 0 Å². The van der Waals surface area contributed by atoms with Crippen molar-refractivity contribution in [2.45, 2.75) is 13.3 Å². The standard InChI is InChI=1S/C14H17NO4/c1-10-3-5-11(6-4-10)15-8-14(9-16,7-12(15)17)13(18)19-2/h3-6,16H,7-9H2,1-2H3. The number of carbonyl (C=O) groups excluding carboxylic acids is 2. The van der Waals surface area contributed by atoms with E-state index in [2.05, 4.69) is 0 Å². The molecule has 0 aliphatic carbocycles. The third-order valence-electron chi connectivity index (χ3n) is 3.52. The van der Waals surface area contributed by atoms with Crippen molar-refractivity contribution in [3.63, 3.8) is 0 Å². The maximum absolute atomic E-state index is 12.1. The first-order valence-electron chi connectivity index (χ1n) is 6.09. The highest BCUT2D eigenvalue weighted by molar-refractivity contribution is 6.01. The first-order valence-corrected chi connectivity index (χ1v) is 6.09. The molecule has 0 aromatic heterocycles. The van der Waals surface area contributed by atoms with Crippen molar-refractivity contribution in [3.05, 3.63) is 29.8 Å². The lowest BCUT2D eigenvalue weighted by molar-refractivity contribution is -0.154. The first-order chi connectivity index (χ1) is 9.02. The molecule has 1 saturated heterocycles. The zero-order valence-corrected chi connectivity index (χ0v) is 11.0. The van der Waals surface area contributed by atoms with Crippen LogP contribution in [0.1, 0.15) is 12.0 Å². The van der Waals surface area contributed by atoms with Gasteiger partial charge in [0.2, 0.25) is 5.91 Å². The van der Waals surface area contributed by atoms with E-state index in [0.29, 0.717) is 0 Å². The number of hydrogen-bond acceptors (Lipinski definition) is 4. The summed E-state index contributed by atoms with van der Waals surface area (Å²) in [5, 5.41) is 9.46. The molecule has 0 bridgehead atoms. The molecule has 19 heavy (non-hydrogen) atoms. The molecule has 1 amide bonds. The number of methoxy groups -OCH3 is 1. The molecule has 102 valence electrons. The van der Waals surface area contributed by atoms with Gasteiger partial charge in [0.05, 0.1) is 13.7 Å². The number of ether oxygens (including phenoxy) is 1. The molecular formula is C14H17NO4. The SMILES string of the molecule is COC(=O)C1(CO)CC(=O)N(c2ccc(C)cc2)C1. The number of rotatable bonds is 3. The Morgan fingerprint density at radius 3 is 2.58 bits per heavy atom. The number of hydrogen-bond donors (Lipinski definition) is 1. The number of amides is 1. The van der Waals surface area contributed by atoms with E-state index in [9.17, 15) is 14.7 Å². The Labute approximate surface area is 111 Å². The largest absolute Gasteiger partial charge is 0.468 e. The van der Waals surface area contributed by atoms with Crippen molar-refractivity contribution in [1.82, 2.24) is 0 Å². The van der Waals surface area contributed by atoms with Crippen molar-refractivity contribution in [1.29, 1.82) is 0 Å². The normalized spacial score (nSPS) is 22.7. The Balaban J connectivity index is 2.28. The fourth-order valence-electron chi connectivity index (χ4n) is 2.32. The number of aliphatic hydroxyl groups is 1. The summed E-state index contributed by atoms with van der Waals surface area (Å²) in [5.41, 5.74) is 0.683. The number of carbonyl (C=O) groups is 2. The summed E-state index contributed by atoms with van der Waals surface area (Å²) in [7, 11) is 1.26. The van der Waals surface area contributed by atoms with E-state index >= 15 is 0 Å². The number of aliphatic hydroxyl groups excluding tert-OH is 1. The number of aryl methyl sites for hydroxylation is 1. The molecule has 0 spiro atoms. The van der Waals surface area contributed by atoms with E-state index in [0.717, 1.165) is 11.3 Å². The van der Waals surface area contributed by atoms with Gasteiger partial charge >= 0.3 is 5.97 Å². The highest BCUT2D eigenvalue weighted by atomic mass is 16.5. The number of esters is 1. The summed E-state index contributed by atoms with van der Waals surface area (Å²) in [6.07, 6.45) is -0.0238. The molecule has 1 fully saturated rings. The predicted molar refractivity (Wildman–Crippen MR) is 69.7 cm³/mol. The maximum Gasteiger partial charge on any atom is 0.316 e. The minimum absolute atomic E-state index is 0.0238. The summed E-state index contributed by atoms with van der Waals surface area (Å²) in [6.45, 7) is 1.72. The highest BCUT2D eigenvalue weighted by Gasteiger charge is 2.50. The molecule has 1 unspecified atom stereocenters. The smallest absolute Gasteiger partial charge is 0.316 e. The fraction of sp³-hybridized carbons (Fsp3) is 0.429. The molecule has 1 heterocycles. The molecule has 5 heteroatoms. The van der Waals surface area contributed by atoms with Gasteiger partial charge in [-0.2, -0.15) is 0 Å². The lowest BCUT2D eigenvalue weighted by Gasteiger charge is -2.23. The van der Waals surface area contributed by atoms with Gasteiger partial charge < -0.3 is 14.7 Å². The lowest BCUT2D eigenvalue weighted by Crippen LogP contribution is -2.39. The third-order valence-corrected chi connectivity index (χ3v) is 3.52. The Morgan fingerprint density at radius 2 is 2.05 bits per heavy atom. The number of nitrogens with zero attached hydrogens (tertiary/aromatic N) is 1. The molecule has 1 aromatic carbocycles. The van der Waals surface area contributed by atoms with Gasteiger partial charge in [-0.3, -0.25) is 9.59 Å². The van der Waals surface area contributed by atoms with Crippen LogP contribution in [-0.4, -0.2) is 37.2 Å². The summed E-state index contributed by atoms with van der Waals surface area (Å²) in [6, 6.07) is 7.47. The molecule has 1 aliphatic rings. The molecule has 0 radical (unpaired) electrons. The second-order valence-corrected chi connectivity index (χ2v) is 4.92. The molecule has 5 nitrogen and oxygen atoms in total. The molecule has 1 aliphatic heterocycles. The number of benzene rings is 1. The quantitative estimate of drug-likeness (QED) is 0.822. The fourth-order valence-corrected chi connectivity index (χ4v) is 2.32. The van der Waals surface area contributed by atoms with Crippen LogP contribution < -0.4 is 4.90 Å². The van der Waals surface area contributed by atoms with Crippen molar-refractivity contribution < 1.29 is 19.4 Å². The maximum atomic E-state index is 12.1. The molecule has 2 rings (SSSR count). The van der Waals surface area contributed by atoms with Crippen molar-refractivity contribution in [2.75, 3.05) is 25.2 Å². The highest BCUT2D eigenvalue weighted by Crippen LogP contribution is 2.35. The number of anilines is 1. The Morgan fingerprint density at radius 1 is 1.42 bits per heavy atom. The van der Waals surface area contributed by atoms with E-state index in [1.165, 1.54) is 12.0 Å². The predicted octanol–water partition coefficient (Wildman–Crippen LogP) is 0.883. The van der Waals surface area contributed by atoms with E-state index in [1.54, 1.807) is 0 Å². The lowest BCUT2D eigenvalue weighted by atomic mass is 9.88. The van der Waals surface area contributed by atoms with Gasteiger partial charge in [-0.25, -0.2) is 0 Å². The minimum atomic E-state index is -1.14. The van der Waals surface area contributed by atoms with Crippen LogP contribution in [0.4, 0.5) is 5.69 Å². The van der Waals surface area contributed by atoms with Crippen LogP contribution in [0.3, 0.4) is 0 Å². The summed E-state index contributed by atoms with van der Waals surface area (Å²) >= 11 is 0. The summed E-state index contributed by atoms with van der Waals surface area (Å²) in [5.74, 6) is -0.721. The second-order valence-electron chi connectivity index (χ2n) is 4.92. The second kappa shape index (κ2) is 5.01. The van der Waals surface area contributed by atoms with Crippen LogP contribution in [0.5, 0.6) is 0 Å². The van der Waals surface area contributed by atoms with Crippen molar-refractivity contribution >= 4 is 17.6 Å². The van der Waals surface area contributed by atoms with Gasteiger partial charge in [-0.15, -0.1) is 0 Å². The van der Waals surface area contributed by atoms with E-state index in [4.69, 9.17) is 4.74 Å². The van der Waals surface area contributed by atoms with Gasteiger partial charge in [-0.1, -0.05) is 17.7 Å². The van der Waals surface area contributed by atoms with Crippen molar-refractivity contribution in [3.8, 4) is 0 Å². The first kappa shape index (κ1) is 13.5. The van der Waals surface area contributed by atoms with Crippen LogP contribution in [0, 0.1) is 12.3 Å². The van der Waals surface area contributed by atoms with Gasteiger partial charge in [-0.05, 0) is 19.1 Å². The summed E-state index contributed by atoms with van der Waals surface area (Å²) < 4.78 is 4.70. The molecule has 1 atom stereocenters. The van der Waals surface area contributed by atoms with E-state index in [-0.39, 0.29) is 18.9 Å². The average Bonchev–Trinajstić information content (AvgIpc) is 2.77. The average molecular weight is 263 g/mol. The Hall–Kier alpha value is -1.88. The van der Waals surface area contributed by atoms with Crippen molar-refractivity contribution in [2.24, 2.45) is 5.41 Å². The van der Waals surface area contributed by atoms with Crippen LogP contribution in [-0.2, 0) is 14.3 Å². The zero-order chi connectivity index (χ0) is 14.0. The van der Waals surface area contributed by atoms with Crippen LogP contribution in [0.2, 0.25) is 0 Å². The monoisotopic (exact) mass is 263 g/mol. The third kappa shape index (κ3) is 2.33. The Bertz CT molecular complexity index is 497. The van der Waals surface area contributed by atoms with E-state index in [1.807, 2.05) is 31.2 Å². The van der Waals surface area contributed by atoms with Crippen LogP contribution >= 0.6 is 0 Å². The minimum Gasteiger partial charge on any atom is -0.468 e. The van der Waals surface area contributed by atoms with Crippen LogP contribution in [0.15, 0.2) is 24.3 Å². The summed E-state index contributed by atoms with van der Waals surface area (Å²) in [4.78, 5) is 25.4. The topological polar surface area (TPSA) is 66.8 Å². The van der Waals surface area contributed by atoms with Crippen LogP contribution in [0.25, 0.3) is 0 Å². The van der Waals surface area contributed by atoms with Gasteiger partial charge in [0.1, 0.15) is 5.41 Å². The Kier molecular flexibility index (Phi) is 3.57. The van der Waals surface area contributed by atoms with E-state index < -0.39 is 18.0 Å². The molecular weight excluding hydrogens is 246 g/mol. The zero-order valence-electron chi connectivity index (χ0n) is 11.0. The molecule has 1 aromatic rings. The molecule has 1 N–H and O–H groups in total. The van der Waals surface area contributed by atoms with Gasteiger partial charge in [0, 0.05) is 18.7 Å². The van der Waals surface area contributed by atoms with Gasteiger partial charge in [0.15, 0.2) is 0 Å². The molecule has 0 saturated carbocycles.